The molecule has 3 rings (SSSR count). The molecule has 2 fully saturated rings. The second-order valence-corrected chi connectivity index (χ2v) is 9.11. The van der Waals surface area contributed by atoms with E-state index in [0.717, 1.165) is 25.7 Å². The van der Waals surface area contributed by atoms with E-state index in [-0.39, 0.29) is 24.0 Å². The lowest BCUT2D eigenvalue weighted by molar-refractivity contribution is -0.116. The molecule has 4 nitrogen and oxygen atoms in total. The third-order valence-electron chi connectivity index (χ3n) is 6.81. The number of ketones is 1. The van der Waals surface area contributed by atoms with Gasteiger partial charge < -0.3 is 4.74 Å². The van der Waals surface area contributed by atoms with Gasteiger partial charge in [0.2, 0.25) is 0 Å². The first-order valence-electron chi connectivity index (χ1n) is 10.7. The summed E-state index contributed by atoms with van der Waals surface area (Å²) in [5.41, 5.74) is 0. The van der Waals surface area contributed by atoms with Crippen LogP contribution in [-0.2, 0) is 9.53 Å². The molecular formula is C22H35NO3. The fourth-order valence-electron chi connectivity index (χ4n) is 5.20. The topological polar surface area (TPSA) is 46.6 Å². The molecule has 0 aromatic rings. The predicted molar refractivity (Wildman–Crippen MR) is 103 cm³/mol. The van der Waals surface area contributed by atoms with Gasteiger partial charge >= 0.3 is 6.09 Å². The Bertz CT molecular complexity index is 536. The highest BCUT2D eigenvalue weighted by Crippen LogP contribution is 2.37. The third kappa shape index (κ3) is 4.50. The molecule has 146 valence electrons. The van der Waals surface area contributed by atoms with E-state index >= 15 is 0 Å². The minimum Gasteiger partial charge on any atom is -0.446 e. The van der Waals surface area contributed by atoms with E-state index < -0.39 is 0 Å². The monoisotopic (exact) mass is 361 g/mol. The van der Waals surface area contributed by atoms with Crippen LogP contribution in [0.15, 0.2) is 12.3 Å². The molecule has 0 N–H and O–H groups in total. The summed E-state index contributed by atoms with van der Waals surface area (Å²) in [6.07, 6.45) is 12.7. The van der Waals surface area contributed by atoms with Crippen molar-refractivity contribution in [2.24, 2.45) is 23.7 Å². The smallest absolute Gasteiger partial charge is 0.414 e. The molecule has 26 heavy (non-hydrogen) atoms. The lowest BCUT2D eigenvalue weighted by Gasteiger charge is -2.41. The molecule has 4 atom stereocenters. The highest BCUT2D eigenvalue weighted by molar-refractivity contribution is 5.92. The van der Waals surface area contributed by atoms with Gasteiger partial charge in [0.05, 0.1) is 0 Å². The van der Waals surface area contributed by atoms with Gasteiger partial charge in [-0.15, -0.1) is 0 Å². The lowest BCUT2D eigenvalue weighted by atomic mass is 9.75. The lowest BCUT2D eigenvalue weighted by Crippen LogP contribution is -2.47. The molecule has 0 spiro atoms. The van der Waals surface area contributed by atoms with Gasteiger partial charge in [0.25, 0.3) is 0 Å². The first-order chi connectivity index (χ1) is 12.5. The summed E-state index contributed by atoms with van der Waals surface area (Å²) in [4.78, 5) is 26.8. The van der Waals surface area contributed by atoms with E-state index in [1.807, 2.05) is 0 Å². The van der Waals surface area contributed by atoms with Gasteiger partial charge in [0.1, 0.15) is 6.10 Å². The normalized spacial score (nSPS) is 33.5. The van der Waals surface area contributed by atoms with Crippen LogP contribution in [0.2, 0.25) is 0 Å². The molecule has 0 saturated heterocycles. The predicted octanol–water partition coefficient (Wildman–Crippen LogP) is 5.32. The Morgan fingerprint density at radius 3 is 2.58 bits per heavy atom. The average Bonchev–Trinajstić information content (AvgIpc) is 2.62. The first kappa shape index (κ1) is 19.4. The molecule has 1 heterocycles. The fourth-order valence-corrected chi connectivity index (χ4v) is 5.20. The molecule has 1 amide bonds. The van der Waals surface area contributed by atoms with E-state index in [9.17, 15) is 9.59 Å². The molecule has 0 aromatic carbocycles. The van der Waals surface area contributed by atoms with Crippen LogP contribution in [0.3, 0.4) is 0 Å². The van der Waals surface area contributed by atoms with Crippen LogP contribution >= 0.6 is 0 Å². The van der Waals surface area contributed by atoms with Crippen molar-refractivity contribution in [3.05, 3.63) is 12.3 Å². The van der Waals surface area contributed by atoms with Crippen LogP contribution in [0.1, 0.15) is 78.6 Å². The van der Waals surface area contributed by atoms with Crippen LogP contribution in [0.5, 0.6) is 0 Å². The maximum Gasteiger partial charge on any atom is 0.414 e. The van der Waals surface area contributed by atoms with Crippen LogP contribution in [0.4, 0.5) is 4.79 Å². The van der Waals surface area contributed by atoms with Crippen LogP contribution < -0.4 is 0 Å². The Morgan fingerprint density at radius 2 is 1.88 bits per heavy atom. The second-order valence-electron chi connectivity index (χ2n) is 9.11. The molecule has 4 heteroatoms. The maximum atomic E-state index is 13.0. The number of hydrogen-bond donors (Lipinski definition) is 0. The Kier molecular flexibility index (Phi) is 6.42. The third-order valence-corrected chi connectivity index (χ3v) is 6.81. The summed E-state index contributed by atoms with van der Waals surface area (Å²) in [7, 11) is 0. The quantitative estimate of drug-likeness (QED) is 0.683. The largest absolute Gasteiger partial charge is 0.446 e. The maximum absolute atomic E-state index is 13.0. The number of carbonyl (C=O) groups excluding carboxylic acids is 2. The van der Waals surface area contributed by atoms with Gasteiger partial charge in [-0.1, -0.05) is 46.5 Å². The summed E-state index contributed by atoms with van der Waals surface area (Å²) in [5.74, 6) is 2.13. The highest BCUT2D eigenvalue weighted by atomic mass is 16.6. The van der Waals surface area contributed by atoms with Crippen molar-refractivity contribution in [2.75, 3.05) is 0 Å². The summed E-state index contributed by atoms with van der Waals surface area (Å²) in [6, 6.07) is -0.0150. The van der Waals surface area contributed by atoms with Crippen molar-refractivity contribution in [2.45, 2.75) is 90.7 Å². The minimum atomic E-state index is -0.242. The first-order valence-corrected chi connectivity index (χ1v) is 10.7. The van der Waals surface area contributed by atoms with Gasteiger partial charge in [-0.2, -0.15) is 0 Å². The summed E-state index contributed by atoms with van der Waals surface area (Å²) in [5, 5.41) is 0. The number of nitrogens with zero attached hydrogens (tertiary/aromatic N) is 1. The van der Waals surface area contributed by atoms with E-state index in [1.54, 1.807) is 17.2 Å². The van der Waals surface area contributed by atoms with Gasteiger partial charge in [0, 0.05) is 18.7 Å². The molecular weight excluding hydrogens is 326 g/mol. The van der Waals surface area contributed by atoms with E-state index in [1.165, 1.54) is 25.7 Å². The zero-order chi connectivity index (χ0) is 18.7. The van der Waals surface area contributed by atoms with E-state index in [4.69, 9.17) is 4.74 Å². The van der Waals surface area contributed by atoms with E-state index in [2.05, 4.69) is 20.8 Å². The van der Waals surface area contributed by atoms with Gasteiger partial charge in [-0.25, -0.2) is 4.79 Å². The molecule has 0 radical (unpaired) electrons. The zero-order valence-corrected chi connectivity index (χ0v) is 16.7. The number of ether oxygens (including phenoxy) is 1. The number of hydrogen-bond acceptors (Lipinski definition) is 3. The van der Waals surface area contributed by atoms with Crippen molar-refractivity contribution >= 4 is 11.9 Å². The van der Waals surface area contributed by atoms with Crippen molar-refractivity contribution in [1.82, 2.24) is 4.90 Å². The zero-order valence-electron chi connectivity index (χ0n) is 16.7. The summed E-state index contributed by atoms with van der Waals surface area (Å²) in [6.45, 7) is 6.71. The molecule has 3 aliphatic rings. The van der Waals surface area contributed by atoms with Gasteiger partial charge in [-0.05, 0) is 55.4 Å². The molecule has 0 unspecified atom stereocenters. The second kappa shape index (κ2) is 8.58. The SMILES string of the molecule is CC(C)[C@@H]1CC[C@@H](C)C[C@H]1OC(=O)N1C=CC(=O)C[C@@H]1C1CCCCC1. The molecule has 2 aliphatic carbocycles. The fraction of sp³-hybridized carbons (Fsp3) is 0.818. The van der Waals surface area contributed by atoms with E-state index in [0.29, 0.717) is 30.1 Å². The minimum absolute atomic E-state index is 0.00397. The van der Waals surface area contributed by atoms with Crippen molar-refractivity contribution in [3.63, 3.8) is 0 Å². The Balaban J connectivity index is 1.71. The standard InChI is InChI=1S/C22H35NO3/c1-15(2)19-10-9-16(3)13-21(19)26-22(25)23-12-11-18(24)14-20(23)17-7-5-4-6-8-17/h11-12,15-17,19-21H,4-10,13-14H2,1-3H3/t16-,19+,20-,21-/m1/s1. The van der Waals surface area contributed by atoms with Crippen LogP contribution in [-0.4, -0.2) is 28.9 Å². The Morgan fingerprint density at radius 1 is 1.15 bits per heavy atom. The number of carbonyl (C=O) groups is 2. The molecule has 1 aliphatic heterocycles. The highest BCUT2D eigenvalue weighted by Gasteiger charge is 2.38. The Labute approximate surface area is 158 Å². The number of allylic oxidation sites excluding steroid dienone is 1. The van der Waals surface area contributed by atoms with Crippen LogP contribution in [0.25, 0.3) is 0 Å². The van der Waals surface area contributed by atoms with Gasteiger partial charge in [0.15, 0.2) is 5.78 Å². The average molecular weight is 362 g/mol. The van der Waals surface area contributed by atoms with Gasteiger partial charge in [-0.3, -0.25) is 9.69 Å². The van der Waals surface area contributed by atoms with Crippen LogP contribution in [0, 0.1) is 23.7 Å². The van der Waals surface area contributed by atoms with Crippen molar-refractivity contribution < 1.29 is 14.3 Å². The number of amides is 1. The van der Waals surface area contributed by atoms with Crippen molar-refractivity contribution in [3.8, 4) is 0 Å². The summed E-state index contributed by atoms with van der Waals surface area (Å²) >= 11 is 0. The molecule has 0 aromatic heterocycles. The molecule has 2 saturated carbocycles. The molecule has 0 bridgehead atoms. The summed E-state index contributed by atoms with van der Waals surface area (Å²) < 4.78 is 6.06. The van der Waals surface area contributed by atoms with Crippen molar-refractivity contribution in [1.29, 1.82) is 0 Å². The number of rotatable bonds is 3. The Hall–Kier alpha value is -1.32.